The Morgan fingerprint density at radius 2 is 2.17 bits per heavy atom. The summed E-state index contributed by atoms with van der Waals surface area (Å²) < 4.78 is 41.5. The van der Waals surface area contributed by atoms with Gasteiger partial charge in [-0.2, -0.15) is 8.78 Å². The predicted octanol–water partition coefficient (Wildman–Crippen LogP) is 1.52. The molecule has 0 spiro atoms. The van der Waals surface area contributed by atoms with Crippen LogP contribution >= 0.6 is 0 Å². The number of rotatable bonds is 3. The van der Waals surface area contributed by atoms with E-state index in [0.29, 0.717) is 0 Å². The van der Waals surface area contributed by atoms with Gasteiger partial charge in [-0.3, -0.25) is 4.79 Å². The zero-order chi connectivity index (χ0) is 13.3. The number of hydrogen-bond donors (Lipinski definition) is 1. The van der Waals surface area contributed by atoms with Crippen LogP contribution < -0.4 is 9.64 Å². The number of nitrogens with zero attached hydrogens (tertiary/aromatic N) is 1. The number of hydrogen-bond acceptors (Lipinski definition) is 3. The van der Waals surface area contributed by atoms with Crippen molar-refractivity contribution >= 4 is 11.6 Å². The van der Waals surface area contributed by atoms with Gasteiger partial charge in [0.15, 0.2) is 5.75 Å². The number of anilines is 1. The highest BCUT2D eigenvalue weighted by atomic mass is 19.3. The number of amides is 1. The molecule has 0 aromatic heterocycles. The zero-order valence-corrected chi connectivity index (χ0v) is 9.15. The Hall–Kier alpha value is -1.76. The molecule has 1 fully saturated rings. The van der Waals surface area contributed by atoms with Crippen molar-refractivity contribution < 1.29 is 27.8 Å². The van der Waals surface area contributed by atoms with E-state index in [2.05, 4.69) is 4.74 Å². The minimum absolute atomic E-state index is 0.0237. The Kier molecular flexibility index (Phi) is 3.42. The van der Waals surface area contributed by atoms with Crippen molar-refractivity contribution in [3.8, 4) is 5.75 Å². The third-order valence-corrected chi connectivity index (χ3v) is 2.53. The molecule has 2 rings (SSSR count). The average Bonchev–Trinajstić information content (AvgIpc) is 2.57. The fraction of sp³-hybridized carbons (Fsp3) is 0.364. The Labute approximate surface area is 101 Å². The second-order valence-corrected chi connectivity index (χ2v) is 3.85. The van der Waals surface area contributed by atoms with E-state index in [1.807, 2.05) is 0 Å². The average molecular weight is 261 g/mol. The molecule has 1 aliphatic heterocycles. The lowest BCUT2D eigenvalue weighted by molar-refractivity contribution is -0.117. The van der Waals surface area contributed by atoms with Gasteiger partial charge in [-0.15, -0.1) is 0 Å². The molecule has 98 valence electrons. The van der Waals surface area contributed by atoms with E-state index in [1.165, 1.54) is 6.07 Å². The quantitative estimate of drug-likeness (QED) is 0.897. The molecule has 0 saturated carbocycles. The van der Waals surface area contributed by atoms with Gasteiger partial charge in [0, 0.05) is 6.07 Å². The van der Waals surface area contributed by atoms with Gasteiger partial charge in [0.2, 0.25) is 5.91 Å². The van der Waals surface area contributed by atoms with E-state index in [9.17, 15) is 23.1 Å². The summed E-state index contributed by atoms with van der Waals surface area (Å²) in [7, 11) is 0. The van der Waals surface area contributed by atoms with Crippen LogP contribution in [0.3, 0.4) is 0 Å². The van der Waals surface area contributed by atoms with Gasteiger partial charge in [-0.25, -0.2) is 4.39 Å². The van der Waals surface area contributed by atoms with Crippen molar-refractivity contribution in [3.63, 3.8) is 0 Å². The van der Waals surface area contributed by atoms with Crippen LogP contribution in [0.4, 0.5) is 18.9 Å². The minimum atomic E-state index is -3.12. The Bertz CT molecular complexity index is 467. The van der Waals surface area contributed by atoms with Crippen LogP contribution in [-0.2, 0) is 4.79 Å². The highest BCUT2D eigenvalue weighted by Gasteiger charge is 2.31. The van der Waals surface area contributed by atoms with Gasteiger partial charge in [0.25, 0.3) is 0 Å². The van der Waals surface area contributed by atoms with Gasteiger partial charge in [0.1, 0.15) is 5.82 Å². The van der Waals surface area contributed by atoms with Crippen LogP contribution in [0.15, 0.2) is 18.2 Å². The molecule has 1 atom stereocenters. The van der Waals surface area contributed by atoms with Gasteiger partial charge in [-0.05, 0) is 12.1 Å². The van der Waals surface area contributed by atoms with Crippen molar-refractivity contribution in [1.82, 2.24) is 0 Å². The molecule has 18 heavy (non-hydrogen) atoms. The second-order valence-electron chi connectivity index (χ2n) is 3.85. The number of halogens is 3. The molecule has 1 aromatic rings. The Balaban J connectivity index is 2.34. The molecule has 1 amide bonds. The molecular formula is C11H10F3NO3. The second kappa shape index (κ2) is 4.85. The molecule has 1 N–H and O–H groups in total. The predicted molar refractivity (Wildman–Crippen MR) is 56.0 cm³/mol. The summed E-state index contributed by atoms with van der Waals surface area (Å²) in [6, 6.07) is 2.98. The standard InChI is InChI=1S/C11H10F3NO3/c12-6-1-2-8(9(3-6)18-11(13)14)15-5-7(16)4-10(15)17/h1-3,7,11,16H,4-5H2. The molecule has 1 unspecified atom stereocenters. The number of aliphatic hydroxyl groups is 1. The summed E-state index contributed by atoms with van der Waals surface area (Å²) >= 11 is 0. The van der Waals surface area contributed by atoms with Gasteiger partial charge >= 0.3 is 6.61 Å². The first-order chi connectivity index (χ1) is 8.47. The summed E-state index contributed by atoms with van der Waals surface area (Å²) in [6.45, 7) is -3.14. The smallest absolute Gasteiger partial charge is 0.387 e. The highest BCUT2D eigenvalue weighted by Crippen LogP contribution is 2.33. The number of β-amino-alcohol motifs (C(OH)–C–C–N with tert-alkyl or cyclic N) is 1. The van der Waals surface area contributed by atoms with Crippen molar-refractivity contribution in [3.05, 3.63) is 24.0 Å². The first kappa shape index (κ1) is 12.7. The summed E-state index contributed by atoms with van der Waals surface area (Å²) in [6.07, 6.45) is -0.951. The molecule has 1 aromatic carbocycles. The maximum Gasteiger partial charge on any atom is 0.387 e. The van der Waals surface area contributed by atoms with E-state index in [1.54, 1.807) is 0 Å². The van der Waals surface area contributed by atoms with Crippen molar-refractivity contribution in [2.75, 3.05) is 11.4 Å². The van der Waals surface area contributed by atoms with Crippen LogP contribution in [0.2, 0.25) is 0 Å². The number of alkyl halides is 2. The molecule has 1 aliphatic rings. The topological polar surface area (TPSA) is 49.8 Å². The first-order valence-electron chi connectivity index (χ1n) is 5.20. The summed E-state index contributed by atoms with van der Waals surface area (Å²) in [5.74, 6) is -1.60. The third-order valence-electron chi connectivity index (χ3n) is 2.53. The SMILES string of the molecule is O=C1CC(O)CN1c1ccc(F)cc1OC(F)F. The van der Waals surface area contributed by atoms with Crippen molar-refractivity contribution in [2.45, 2.75) is 19.1 Å². The molecular weight excluding hydrogens is 251 g/mol. The maximum absolute atomic E-state index is 13.0. The molecule has 7 heteroatoms. The number of aliphatic hydroxyl groups excluding tert-OH is 1. The van der Waals surface area contributed by atoms with Crippen LogP contribution in [0.5, 0.6) is 5.75 Å². The largest absolute Gasteiger partial charge is 0.432 e. The van der Waals surface area contributed by atoms with Crippen LogP contribution in [0.25, 0.3) is 0 Å². The minimum Gasteiger partial charge on any atom is -0.432 e. The van der Waals surface area contributed by atoms with Gasteiger partial charge in [-0.1, -0.05) is 0 Å². The lowest BCUT2D eigenvalue weighted by Crippen LogP contribution is -2.26. The summed E-state index contributed by atoms with van der Waals surface area (Å²) in [5, 5.41) is 9.33. The highest BCUT2D eigenvalue weighted by molar-refractivity contribution is 5.97. The molecule has 1 heterocycles. The fourth-order valence-electron chi connectivity index (χ4n) is 1.82. The number of ether oxygens (including phenoxy) is 1. The fourth-order valence-corrected chi connectivity index (χ4v) is 1.82. The normalized spacial score (nSPS) is 19.7. The molecule has 0 bridgehead atoms. The van der Waals surface area contributed by atoms with E-state index in [0.717, 1.165) is 17.0 Å². The van der Waals surface area contributed by atoms with Crippen molar-refractivity contribution in [1.29, 1.82) is 0 Å². The van der Waals surface area contributed by atoms with Gasteiger partial charge in [0.05, 0.1) is 24.8 Å². The molecule has 1 saturated heterocycles. The number of carbonyl (C=O) groups excluding carboxylic acids is 1. The first-order valence-corrected chi connectivity index (χ1v) is 5.20. The monoisotopic (exact) mass is 261 g/mol. The van der Waals surface area contributed by atoms with E-state index < -0.39 is 30.2 Å². The van der Waals surface area contributed by atoms with E-state index in [4.69, 9.17) is 0 Å². The van der Waals surface area contributed by atoms with Crippen LogP contribution in [-0.4, -0.2) is 30.3 Å². The molecule has 0 radical (unpaired) electrons. The van der Waals surface area contributed by atoms with E-state index in [-0.39, 0.29) is 18.7 Å². The molecule has 4 nitrogen and oxygen atoms in total. The van der Waals surface area contributed by atoms with Crippen LogP contribution in [0.1, 0.15) is 6.42 Å². The Morgan fingerprint density at radius 3 is 2.72 bits per heavy atom. The lowest BCUT2D eigenvalue weighted by atomic mass is 10.2. The van der Waals surface area contributed by atoms with Gasteiger partial charge < -0.3 is 14.7 Å². The lowest BCUT2D eigenvalue weighted by Gasteiger charge is -2.19. The van der Waals surface area contributed by atoms with Crippen LogP contribution in [0, 0.1) is 5.82 Å². The zero-order valence-electron chi connectivity index (χ0n) is 9.15. The Morgan fingerprint density at radius 1 is 1.44 bits per heavy atom. The van der Waals surface area contributed by atoms with E-state index >= 15 is 0 Å². The maximum atomic E-state index is 13.0. The number of benzene rings is 1. The number of carbonyl (C=O) groups is 1. The molecule has 0 aliphatic carbocycles. The third kappa shape index (κ3) is 2.56. The summed E-state index contributed by atoms with van der Waals surface area (Å²) in [5.41, 5.74) is 0.0262. The van der Waals surface area contributed by atoms with Crippen molar-refractivity contribution in [2.24, 2.45) is 0 Å². The summed E-state index contributed by atoms with van der Waals surface area (Å²) in [4.78, 5) is 12.6.